The Labute approximate surface area is 199 Å². The molecule has 1 saturated carbocycles. The first-order valence-corrected chi connectivity index (χ1v) is 11.9. The molecule has 2 saturated heterocycles. The summed E-state index contributed by atoms with van der Waals surface area (Å²) in [6, 6.07) is 12.3. The Bertz CT molecular complexity index is 1090. The highest BCUT2D eigenvalue weighted by Crippen LogP contribution is 2.57. The number of methoxy groups -OCH3 is 2. The lowest BCUT2D eigenvalue weighted by Crippen LogP contribution is -2.35. The van der Waals surface area contributed by atoms with Crippen LogP contribution in [0, 0.1) is 11.7 Å². The van der Waals surface area contributed by atoms with Crippen LogP contribution in [-0.2, 0) is 19.1 Å². The molecule has 1 spiro atoms. The third kappa shape index (κ3) is 3.86. The molecule has 0 aromatic heterocycles. The SMILES string of the molecule is COC(=O)[C@H]1CC[C@@]2(C[C@@H](c3cc(N4CCCC4=O)ccc3OC)CO2)[C@@H]1c1ccc(F)cc1. The smallest absolute Gasteiger partial charge is 0.309 e. The Morgan fingerprint density at radius 3 is 2.65 bits per heavy atom. The molecule has 34 heavy (non-hydrogen) atoms. The zero-order chi connectivity index (χ0) is 23.9. The molecular weight excluding hydrogens is 437 g/mol. The number of benzene rings is 2. The van der Waals surface area contributed by atoms with Gasteiger partial charge in [-0.3, -0.25) is 9.59 Å². The molecule has 2 aromatic carbocycles. The Morgan fingerprint density at radius 2 is 1.97 bits per heavy atom. The van der Waals surface area contributed by atoms with Crippen LogP contribution in [0.2, 0.25) is 0 Å². The van der Waals surface area contributed by atoms with Crippen molar-refractivity contribution in [1.29, 1.82) is 0 Å². The number of nitrogens with zero attached hydrogens (tertiary/aromatic N) is 1. The minimum Gasteiger partial charge on any atom is -0.496 e. The molecule has 0 N–H and O–H groups in total. The van der Waals surface area contributed by atoms with Gasteiger partial charge in [0.2, 0.25) is 5.91 Å². The number of ether oxygens (including phenoxy) is 3. The second-order valence-electron chi connectivity index (χ2n) is 9.55. The second-order valence-corrected chi connectivity index (χ2v) is 9.55. The number of anilines is 1. The van der Waals surface area contributed by atoms with E-state index in [0.717, 1.165) is 42.0 Å². The zero-order valence-corrected chi connectivity index (χ0v) is 19.6. The molecule has 5 rings (SSSR count). The van der Waals surface area contributed by atoms with E-state index < -0.39 is 5.60 Å². The van der Waals surface area contributed by atoms with E-state index in [2.05, 4.69) is 6.07 Å². The van der Waals surface area contributed by atoms with Crippen LogP contribution >= 0.6 is 0 Å². The normalized spacial score (nSPS) is 28.6. The number of rotatable bonds is 5. The number of amides is 1. The molecular formula is C27H30FNO5. The molecule has 4 atom stereocenters. The lowest BCUT2D eigenvalue weighted by atomic mass is 9.76. The molecule has 7 heteroatoms. The van der Waals surface area contributed by atoms with Crippen molar-refractivity contribution in [2.75, 3.05) is 32.3 Å². The first-order valence-electron chi connectivity index (χ1n) is 11.9. The molecule has 2 heterocycles. The summed E-state index contributed by atoms with van der Waals surface area (Å²) in [7, 11) is 3.05. The van der Waals surface area contributed by atoms with E-state index >= 15 is 0 Å². The molecule has 3 aliphatic rings. The number of esters is 1. The Kier molecular flexibility index (Phi) is 6.06. The van der Waals surface area contributed by atoms with Crippen molar-refractivity contribution in [2.24, 2.45) is 5.92 Å². The van der Waals surface area contributed by atoms with Crippen molar-refractivity contribution in [3.8, 4) is 5.75 Å². The molecule has 0 radical (unpaired) electrons. The van der Waals surface area contributed by atoms with E-state index in [0.29, 0.717) is 25.9 Å². The quantitative estimate of drug-likeness (QED) is 0.603. The van der Waals surface area contributed by atoms with Crippen LogP contribution in [0.4, 0.5) is 10.1 Å². The maximum Gasteiger partial charge on any atom is 0.309 e. The van der Waals surface area contributed by atoms with Crippen molar-refractivity contribution < 1.29 is 28.2 Å². The molecule has 2 aliphatic heterocycles. The Balaban J connectivity index is 1.48. The summed E-state index contributed by atoms with van der Waals surface area (Å²) in [5.41, 5.74) is 2.23. The lowest BCUT2D eigenvalue weighted by Gasteiger charge is -2.33. The first kappa shape index (κ1) is 22.8. The molecule has 180 valence electrons. The number of halogens is 1. The minimum atomic E-state index is -0.550. The Hall–Kier alpha value is -2.93. The molecule has 0 unspecified atom stereocenters. The van der Waals surface area contributed by atoms with Crippen LogP contribution in [0.1, 0.15) is 55.1 Å². The van der Waals surface area contributed by atoms with Crippen LogP contribution in [0.5, 0.6) is 5.75 Å². The summed E-state index contributed by atoms with van der Waals surface area (Å²) in [6.45, 7) is 1.21. The van der Waals surface area contributed by atoms with Gasteiger partial charge in [-0.25, -0.2) is 4.39 Å². The van der Waals surface area contributed by atoms with Gasteiger partial charge in [-0.05, 0) is 61.6 Å². The van der Waals surface area contributed by atoms with Crippen molar-refractivity contribution in [1.82, 2.24) is 0 Å². The van der Waals surface area contributed by atoms with Crippen LogP contribution in [0.15, 0.2) is 42.5 Å². The third-order valence-electron chi connectivity index (χ3n) is 7.78. The van der Waals surface area contributed by atoms with E-state index in [1.165, 1.54) is 19.2 Å². The average Bonchev–Trinajstić information content (AvgIpc) is 3.58. The average molecular weight is 468 g/mol. The summed E-state index contributed by atoms with van der Waals surface area (Å²) < 4.78 is 31.0. The molecule has 1 aliphatic carbocycles. The van der Waals surface area contributed by atoms with Gasteiger partial charge in [0.15, 0.2) is 0 Å². The summed E-state index contributed by atoms with van der Waals surface area (Å²) in [5.74, 6) is -0.180. The molecule has 6 nitrogen and oxygen atoms in total. The lowest BCUT2D eigenvalue weighted by molar-refractivity contribution is -0.146. The predicted molar refractivity (Wildman–Crippen MR) is 125 cm³/mol. The zero-order valence-electron chi connectivity index (χ0n) is 19.6. The standard InChI is InChI=1S/C27H30FNO5/c1-32-23-10-9-20(29-13-3-4-24(29)30)14-22(23)18-15-27(34-16-18)12-11-21(26(31)33-2)25(27)17-5-7-19(28)8-6-17/h5-10,14,18,21,25H,3-4,11-13,15-16H2,1-2H3/t18-,21+,25-,27-/m1/s1. The largest absolute Gasteiger partial charge is 0.496 e. The van der Waals surface area contributed by atoms with Gasteiger partial charge in [0.1, 0.15) is 11.6 Å². The predicted octanol–water partition coefficient (Wildman–Crippen LogP) is 4.57. The fourth-order valence-electron chi connectivity index (χ4n) is 6.22. The summed E-state index contributed by atoms with van der Waals surface area (Å²) in [6.07, 6.45) is 3.52. The fraction of sp³-hybridized carbons (Fsp3) is 0.481. The monoisotopic (exact) mass is 467 g/mol. The van der Waals surface area contributed by atoms with Crippen molar-refractivity contribution >= 4 is 17.6 Å². The number of hydrogen-bond donors (Lipinski definition) is 0. The summed E-state index contributed by atoms with van der Waals surface area (Å²) in [5, 5.41) is 0. The highest BCUT2D eigenvalue weighted by molar-refractivity contribution is 5.95. The third-order valence-corrected chi connectivity index (χ3v) is 7.78. The topological polar surface area (TPSA) is 65.1 Å². The molecule has 2 aromatic rings. The van der Waals surface area contributed by atoms with E-state index in [9.17, 15) is 14.0 Å². The molecule has 3 fully saturated rings. The van der Waals surface area contributed by atoms with E-state index in [1.807, 2.05) is 17.0 Å². The van der Waals surface area contributed by atoms with Gasteiger partial charge in [0, 0.05) is 36.1 Å². The van der Waals surface area contributed by atoms with Gasteiger partial charge in [0.05, 0.1) is 32.3 Å². The maximum atomic E-state index is 13.7. The van der Waals surface area contributed by atoms with Crippen molar-refractivity contribution in [3.05, 3.63) is 59.4 Å². The summed E-state index contributed by atoms with van der Waals surface area (Å²) in [4.78, 5) is 26.8. The summed E-state index contributed by atoms with van der Waals surface area (Å²) >= 11 is 0. The van der Waals surface area contributed by atoms with E-state index in [4.69, 9.17) is 14.2 Å². The van der Waals surface area contributed by atoms with E-state index in [-0.39, 0.29) is 35.4 Å². The van der Waals surface area contributed by atoms with Gasteiger partial charge >= 0.3 is 5.97 Å². The number of carbonyl (C=O) groups is 2. The van der Waals surface area contributed by atoms with Crippen LogP contribution < -0.4 is 9.64 Å². The van der Waals surface area contributed by atoms with Crippen molar-refractivity contribution in [3.63, 3.8) is 0 Å². The van der Waals surface area contributed by atoms with Gasteiger partial charge in [0.25, 0.3) is 0 Å². The van der Waals surface area contributed by atoms with Gasteiger partial charge in [-0.15, -0.1) is 0 Å². The first-order chi connectivity index (χ1) is 16.5. The van der Waals surface area contributed by atoms with Crippen LogP contribution in [0.25, 0.3) is 0 Å². The highest BCUT2D eigenvalue weighted by Gasteiger charge is 2.56. The fourth-order valence-corrected chi connectivity index (χ4v) is 6.22. The maximum absolute atomic E-state index is 13.7. The number of hydrogen-bond acceptors (Lipinski definition) is 5. The van der Waals surface area contributed by atoms with Crippen LogP contribution in [-0.4, -0.2) is 44.8 Å². The van der Waals surface area contributed by atoms with Gasteiger partial charge < -0.3 is 19.1 Å². The number of carbonyl (C=O) groups excluding carboxylic acids is 2. The van der Waals surface area contributed by atoms with E-state index in [1.54, 1.807) is 19.2 Å². The molecule has 0 bridgehead atoms. The van der Waals surface area contributed by atoms with Crippen LogP contribution in [0.3, 0.4) is 0 Å². The van der Waals surface area contributed by atoms with Crippen molar-refractivity contribution in [2.45, 2.75) is 49.5 Å². The van der Waals surface area contributed by atoms with Gasteiger partial charge in [-0.2, -0.15) is 0 Å². The minimum absolute atomic E-state index is 0.0481. The van der Waals surface area contributed by atoms with Gasteiger partial charge in [-0.1, -0.05) is 12.1 Å². The second kappa shape index (κ2) is 9.02. The molecule has 1 amide bonds. The highest BCUT2D eigenvalue weighted by atomic mass is 19.1. The Morgan fingerprint density at radius 1 is 1.18 bits per heavy atom.